The van der Waals surface area contributed by atoms with E-state index in [-0.39, 0.29) is 11.9 Å². The van der Waals surface area contributed by atoms with Crippen LogP contribution in [-0.4, -0.2) is 7.05 Å². The van der Waals surface area contributed by atoms with E-state index in [2.05, 4.69) is 35.1 Å². The second kappa shape index (κ2) is 6.36. The summed E-state index contributed by atoms with van der Waals surface area (Å²) < 4.78 is 14.7. The molecule has 1 rings (SSSR count). The molecule has 0 aliphatic heterocycles. The van der Waals surface area contributed by atoms with Crippen molar-refractivity contribution in [3.8, 4) is 0 Å². The van der Waals surface area contributed by atoms with Crippen LogP contribution < -0.4 is 5.32 Å². The van der Waals surface area contributed by atoms with Crippen LogP contribution in [0.15, 0.2) is 22.7 Å². The van der Waals surface area contributed by atoms with Crippen LogP contribution in [0, 0.1) is 11.7 Å². The fraction of sp³-hybridized carbons (Fsp3) is 0.538. The van der Waals surface area contributed by atoms with Gasteiger partial charge < -0.3 is 5.32 Å². The first-order chi connectivity index (χ1) is 7.65. The lowest BCUT2D eigenvalue weighted by molar-refractivity contribution is 0.349. The van der Waals surface area contributed by atoms with Gasteiger partial charge in [0.25, 0.3) is 0 Å². The lowest BCUT2D eigenvalue weighted by Gasteiger charge is -2.26. The fourth-order valence-electron chi connectivity index (χ4n) is 2.18. The molecule has 1 aromatic rings. The van der Waals surface area contributed by atoms with Crippen molar-refractivity contribution in [2.45, 2.75) is 32.7 Å². The molecule has 0 fully saturated rings. The van der Waals surface area contributed by atoms with E-state index in [9.17, 15) is 4.39 Å². The van der Waals surface area contributed by atoms with Gasteiger partial charge in [0.2, 0.25) is 0 Å². The van der Waals surface area contributed by atoms with E-state index in [1.807, 2.05) is 13.1 Å². The Labute approximate surface area is 106 Å². The number of benzene rings is 1. The van der Waals surface area contributed by atoms with Crippen molar-refractivity contribution in [1.29, 1.82) is 0 Å². The Morgan fingerprint density at radius 3 is 2.38 bits per heavy atom. The van der Waals surface area contributed by atoms with E-state index in [1.165, 1.54) is 6.07 Å². The Morgan fingerprint density at radius 1 is 1.31 bits per heavy atom. The van der Waals surface area contributed by atoms with Gasteiger partial charge in [-0.1, -0.05) is 48.7 Å². The van der Waals surface area contributed by atoms with E-state index in [0.717, 1.165) is 22.9 Å². The molecule has 16 heavy (non-hydrogen) atoms. The molecule has 1 atom stereocenters. The lowest BCUT2D eigenvalue weighted by Crippen LogP contribution is -2.26. The van der Waals surface area contributed by atoms with E-state index in [4.69, 9.17) is 0 Å². The SMILES string of the molecule is CCC(CC)C(NC)c1c(F)cccc1Br. The number of rotatable bonds is 5. The van der Waals surface area contributed by atoms with E-state index in [0.29, 0.717) is 5.92 Å². The van der Waals surface area contributed by atoms with Gasteiger partial charge in [-0.2, -0.15) is 0 Å². The molecule has 0 aromatic heterocycles. The summed E-state index contributed by atoms with van der Waals surface area (Å²) in [6, 6.07) is 5.21. The van der Waals surface area contributed by atoms with Crippen molar-refractivity contribution in [1.82, 2.24) is 5.32 Å². The summed E-state index contributed by atoms with van der Waals surface area (Å²) in [5.41, 5.74) is 0.749. The van der Waals surface area contributed by atoms with Crippen molar-refractivity contribution in [3.05, 3.63) is 34.1 Å². The minimum absolute atomic E-state index is 0.0746. The van der Waals surface area contributed by atoms with Crippen molar-refractivity contribution in [2.24, 2.45) is 5.92 Å². The highest BCUT2D eigenvalue weighted by atomic mass is 79.9. The zero-order valence-corrected chi connectivity index (χ0v) is 11.6. The maximum Gasteiger partial charge on any atom is 0.129 e. The molecule has 1 unspecified atom stereocenters. The summed E-state index contributed by atoms with van der Waals surface area (Å²) >= 11 is 3.44. The number of halogens is 2. The van der Waals surface area contributed by atoms with Crippen molar-refractivity contribution < 1.29 is 4.39 Å². The summed E-state index contributed by atoms with van der Waals surface area (Å²) in [6.07, 6.45) is 2.09. The average molecular weight is 288 g/mol. The minimum atomic E-state index is -0.138. The monoisotopic (exact) mass is 287 g/mol. The first kappa shape index (κ1) is 13.7. The Balaban J connectivity index is 3.12. The van der Waals surface area contributed by atoms with Gasteiger partial charge in [-0.3, -0.25) is 0 Å². The van der Waals surface area contributed by atoms with Crippen LogP contribution in [0.2, 0.25) is 0 Å². The summed E-state index contributed by atoms with van der Waals surface area (Å²) in [6.45, 7) is 4.29. The quantitative estimate of drug-likeness (QED) is 0.852. The van der Waals surface area contributed by atoms with Crippen LogP contribution >= 0.6 is 15.9 Å². The topological polar surface area (TPSA) is 12.0 Å². The Morgan fingerprint density at radius 2 is 1.94 bits per heavy atom. The van der Waals surface area contributed by atoms with Gasteiger partial charge in [0.05, 0.1) is 0 Å². The van der Waals surface area contributed by atoms with Crippen LogP contribution in [-0.2, 0) is 0 Å². The van der Waals surface area contributed by atoms with Gasteiger partial charge in [0.1, 0.15) is 5.82 Å². The van der Waals surface area contributed by atoms with Crippen LogP contribution in [0.3, 0.4) is 0 Å². The first-order valence-corrected chi connectivity index (χ1v) is 6.56. The van der Waals surface area contributed by atoms with E-state index in [1.54, 1.807) is 6.07 Å². The van der Waals surface area contributed by atoms with Crippen molar-refractivity contribution in [2.75, 3.05) is 7.05 Å². The van der Waals surface area contributed by atoms with Crippen LogP contribution in [0.5, 0.6) is 0 Å². The van der Waals surface area contributed by atoms with Crippen LogP contribution in [0.25, 0.3) is 0 Å². The maximum absolute atomic E-state index is 13.9. The number of nitrogens with one attached hydrogen (secondary N) is 1. The number of hydrogen-bond donors (Lipinski definition) is 1. The van der Waals surface area contributed by atoms with Gasteiger partial charge in [0, 0.05) is 16.1 Å². The molecule has 0 spiro atoms. The highest BCUT2D eigenvalue weighted by Gasteiger charge is 2.23. The highest BCUT2D eigenvalue weighted by Crippen LogP contribution is 2.33. The first-order valence-electron chi connectivity index (χ1n) is 5.76. The van der Waals surface area contributed by atoms with Gasteiger partial charge >= 0.3 is 0 Å². The van der Waals surface area contributed by atoms with Crippen molar-refractivity contribution >= 4 is 15.9 Å². The summed E-state index contributed by atoms with van der Waals surface area (Å²) in [5.74, 6) is 0.318. The molecule has 1 nitrogen and oxygen atoms in total. The third kappa shape index (κ3) is 2.83. The summed E-state index contributed by atoms with van der Waals surface area (Å²) in [4.78, 5) is 0. The highest BCUT2D eigenvalue weighted by molar-refractivity contribution is 9.10. The molecule has 0 aliphatic carbocycles. The number of hydrogen-bond acceptors (Lipinski definition) is 1. The second-order valence-electron chi connectivity index (χ2n) is 3.98. The van der Waals surface area contributed by atoms with Gasteiger partial charge in [0.15, 0.2) is 0 Å². The molecule has 3 heteroatoms. The third-order valence-electron chi connectivity index (χ3n) is 3.14. The molecule has 0 saturated carbocycles. The molecule has 0 bridgehead atoms. The lowest BCUT2D eigenvalue weighted by atomic mass is 9.89. The molecule has 90 valence electrons. The third-order valence-corrected chi connectivity index (χ3v) is 3.83. The van der Waals surface area contributed by atoms with Crippen molar-refractivity contribution in [3.63, 3.8) is 0 Å². The molecule has 0 radical (unpaired) electrons. The Bertz CT molecular complexity index is 316. The molecular weight excluding hydrogens is 269 g/mol. The Kier molecular flexibility index (Phi) is 5.42. The zero-order chi connectivity index (χ0) is 12.1. The smallest absolute Gasteiger partial charge is 0.129 e. The fourth-order valence-corrected chi connectivity index (χ4v) is 2.77. The molecule has 1 N–H and O–H groups in total. The summed E-state index contributed by atoms with van der Waals surface area (Å²) in [7, 11) is 1.89. The zero-order valence-electron chi connectivity index (χ0n) is 10.1. The van der Waals surface area contributed by atoms with Gasteiger partial charge in [-0.25, -0.2) is 4.39 Å². The Hall–Kier alpha value is -0.410. The van der Waals surface area contributed by atoms with E-state index >= 15 is 0 Å². The second-order valence-corrected chi connectivity index (χ2v) is 4.83. The molecule has 1 aromatic carbocycles. The molecule has 0 amide bonds. The molecule has 0 heterocycles. The minimum Gasteiger partial charge on any atom is -0.313 e. The van der Waals surface area contributed by atoms with Gasteiger partial charge in [-0.05, 0) is 25.1 Å². The normalized spacial score (nSPS) is 13.1. The maximum atomic E-state index is 13.9. The molecular formula is C13H19BrFN. The predicted molar refractivity (Wildman–Crippen MR) is 70.0 cm³/mol. The van der Waals surface area contributed by atoms with Crippen LogP contribution in [0.1, 0.15) is 38.3 Å². The predicted octanol–water partition coefficient (Wildman–Crippen LogP) is 4.28. The van der Waals surface area contributed by atoms with Gasteiger partial charge in [-0.15, -0.1) is 0 Å². The largest absolute Gasteiger partial charge is 0.313 e. The van der Waals surface area contributed by atoms with E-state index < -0.39 is 0 Å². The summed E-state index contributed by atoms with van der Waals surface area (Å²) in [5, 5.41) is 3.23. The molecule has 0 saturated heterocycles. The molecule has 0 aliphatic rings. The standard InChI is InChI=1S/C13H19BrFN/c1-4-9(5-2)13(16-3)12-10(14)7-6-8-11(12)15/h6-9,13,16H,4-5H2,1-3H3. The average Bonchev–Trinajstić information content (AvgIpc) is 2.28. The van der Waals surface area contributed by atoms with Crippen LogP contribution in [0.4, 0.5) is 4.39 Å².